The number of hydrogen-bond acceptors (Lipinski definition) is 3. The molecule has 14 heavy (non-hydrogen) atoms. The van der Waals surface area contributed by atoms with Crippen molar-refractivity contribution in [2.24, 2.45) is 0 Å². The molecular formula is C10H24O3Si. The van der Waals surface area contributed by atoms with Crippen LogP contribution in [0.25, 0.3) is 0 Å². The van der Waals surface area contributed by atoms with Crippen molar-refractivity contribution in [2.45, 2.75) is 51.5 Å². The average molecular weight is 220 g/mol. The number of rotatable bonds is 9. The minimum absolute atomic E-state index is 0.496. The first-order valence-corrected chi connectivity index (χ1v) is 7.06. The Hall–Kier alpha value is 0.0969. The summed E-state index contributed by atoms with van der Waals surface area (Å²) in [6.45, 7) is 4.30. The lowest BCUT2D eigenvalue weighted by Gasteiger charge is -2.30. The van der Waals surface area contributed by atoms with Gasteiger partial charge in [0.15, 0.2) is 9.76 Å². The van der Waals surface area contributed by atoms with Gasteiger partial charge in [0.05, 0.1) is 0 Å². The van der Waals surface area contributed by atoms with Gasteiger partial charge in [-0.2, -0.15) is 0 Å². The molecule has 0 bridgehead atoms. The van der Waals surface area contributed by atoms with Crippen molar-refractivity contribution in [3.8, 4) is 0 Å². The van der Waals surface area contributed by atoms with E-state index in [-0.39, 0.29) is 0 Å². The molecule has 0 fully saturated rings. The number of unbranched alkanes of at least 4 members (excludes halogenated alkanes) is 1. The minimum atomic E-state index is -0.755. The molecule has 0 aromatic rings. The van der Waals surface area contributed by atoms with E-state index >= 15 is 0 Å². The van der Waals surface area contributed by atoms with Gasteiger partial charge in [0.1, 0.15) is 0 Å². The van der Waals surface area contributed by atoms with Crippen molar-refractivity contribution in [2.75, 3.05) is 14.2 Å². The molecule has 0 aromatic carbocycles. The zero-order valence-corrected chi connectivity index (χ0v) is 11.4. The van der Waals surface area contributed by atoms with Crippen LogP contribution in [-0.2, 0) is 13.9 Å². The molecule has 0 rings (SSSR count). The van der Waals surface area contributed by atoms with Crippen molar-refractivity contribution < 1.29 is 13.9 Å². The van der Waals surface area contributed by atoms with Crippen LogP contribution in [0.2, 0.25) is 6.04 Å². The zero-order valence-electron chi connectivity index (χ0n) is 9.97. The van der Waals surface area contributed by atoms with Gasteiger partial charge >= 0.3 is 0 Å². The molecule has 0 aliphatic heterocycles. The number of ether oxygens (including phenoxy) is 2. The van der Waals surface area contributed by atoms with Gasteiger partial charge in [0.2, 0.25) is 0 Å². The third-order valence-electron chi connectivity index (χ3n) is 2.25. The Morgan fingerprint density at radius 3 is 2.14 bits per heavy atom. The lowest BCUT2D eigenvalue weighted by atomic mass is 10.3. The van der Waals surface area contributed by atoms with E-state index in [1.165, 1.54) is 18.9 Å². The summed E-state index contributed by atoms with van der Waals surface area (Å²) in [6, 6.07) is 1.20. The van der Waals surface area contributed by atoms with Crippen LogP contribution in [0, 0.1) is 0 Å². The second kappa shape index (κ2) is 8.41. The summed E-state index contributed by atoms with van der Waals surface area (Å²) in [5.41, 5.74) is 0. The van der Waals surface area contributed by atoms with Gasteiger partial charge in [0, 0.05) is 20.6 Å². The van der Waals surface area contributed by atoms with E-state index in [0.717, 1.165) is 12.8 Å². The largest absolute Gasteiger partial charge is 0.376 e. The van der Waals surface area contributed by atoms with Crippen LogP contribution in [0.4, 0.5) is 0 Å². The normalized spacial score (nSPS) is 12.9. The topological polar surface area (TPSA) is 27.7 Å². The highest BCUT2D eigenvalue weighted by molar-refractivity contribution is 6.27. The maximum Gasteiger partial charge on any atom is 0.272 e. The minimum Gasteiger partial charge on any atom is -0.376 e. The average Bonchev–Trinajstić information content (AvgIpc) is 2.23. The zero-order chi connectivity index (χ0) is 10.9. The van der Waals surface area contributed by atoms with Crippen molar-refractivity contribution in [3.63, 3.8) is 0 Å². The predicted molar refractivity (Wildman–Crippen MR) is 61.0 cm³/mol. The molecule has 4 heteroatoms. The predicted octanol–water partition coefficient (Wildman–Crippen LogP) is 2.05. The lowest BCUT2D eigenvalue weighted by molar-refractivity contribution is -0.326. The SMILES string of the molecule is CCCC[SiH2]OC(CCC)(OC)OC. The smallest absolute Gasteiger partial charge is 0.272 e. The molecule has 86 valence electrons. The van der Waals surface area contributed by atoms with Crippen LogP contribution in [-0.4, -0.2) is 30.0 Å². The van der Waals surface area contributed by atoms with E-state index in [4.69, 9.17) is 13.9 Å². The van der Waals surface area contributed by atoms with E-state index in [9.17, 15) is 0 Å². The van der Waals surface area contributed by atoms with Crippen LogP contribution in [0.15, 0.2) is 0 Å². The summed E-state index contributed by atoms with van der Waals surface area (Å²) in [6.07, 6.45) is 4.29. The molecule has 0 saturated carbocycles. The van der Waals surface area contributed by atoms with Gasteiger partial charge in [0.25, 0.3) is 5.97 Å². The van der Waals surface area contributed by atoms with Gasteiger partial charge in [-0.1, -0.05) is 26.7 Å². The van der Waals surface area contributed by atoms with Gasteiger partial charge in [-0.05, 0) is 12.5 Å². The molecule has 0 aliphatic rings. The number of methoxy groups -OCH3 is 2. The second-order valence-electron chi connectivity index (χ2n) is 3.40. The maximum atomic E-state index is 5.76. The van der Waals surface area contributed by atoms with Gasteiger partial charge < -0.3 is 13.9 Å². The van der Waals surface area contributed by atoms with Crippen molar-refractivity contribution in [1.29, 1.82) is 0 Å². The Bertz CT molecular complexity index is 127. The fourth-order valence-corrected chi connectivity index (χ4v) is 2.90. The van der Waals surface area contributed by atoms with Gasteiger partial charge in [-0.25, -0.2) is 0 Å². The van der Waals surface area contributed by atoms with Crippen molar-refractivity contribution >= 4 is 9.76 Å². The molecule has 0 radical (unpaired) electrons. The maximum absolute atomic E-state index is 5.76. The van der Waals surface area contributed by atoms with Crippen LogP contribution < -0.4 is 0 Å². The van der Waals surface area contributed by atoms with Crippen LogP contribution >= 0.6 is 0 Å². The van der Waals surface area contributed by atoms with Crippen LogP contribution in [0.5, 0.6) is 0 Å². The monoisotopic (exact) mass is 220 g/mol. The van der Waals surface area contributed by atoms with Crippen LogP contribution in [0.1, 0.15) is 39.5 Å². The van der Waals surface area contributed by atoms with E-state index in [2.05, 4.69) is 13.8 Å². The second-order valence-corrected chi connectivity index (χ2v) is 4.80. The Kier molecular flexibility index (Phi) is 8.47. The molecule has 0 saturated heterocycles. The lowest BCUT2D eigenvalue weighted by Crippen LogP contribution is -2.38. The van der Waals surface area contributed by atoms with Crippen LogP contribution in [0.3, 0.4) is 0 Å². The quantitative estimate of drug-likeness (QED) is 0.338. The van der Waals surface area contributed by atoms with E-state index in [0.29, 0.717) is 0 Å². The summed E-state index contributed by atoms with van der Waals surface area (Å²) in [5, 5.41) is 0. The Labute approximate surface area is 90.1 Å². The summed E-state index contributed by atoms with van der Waals surface area (Å²) in [7, 11) is 2.80. The Morgan fingerprint density at radius 1 is 1.07 bits per heavy atom. The first kappa shape index (κ1) is 14.1. The van der Waals surface area contributed by atoms with E-state index < -0.39 is 15.7 Å². The first-order chi connectivity index (χ1) is 6.74. The first-order valence-electron chi connectivity index (χ1n) is 5.49. The van der Waals surface area contributed by atoms with Crippen molar-refractivity contribution in [1.82, 2.24) is 0 Å². The molecule has 0 aliphatic carbocycles. The van der Waals surface area contributed by atoms with E-state index in [1.54, 1.807) is 14.2 Å². The third kappa shape index (κ3) is 5.10. The fourth-order valence-electron chi connectivity index (χ4n) is 1.36. The van der Waals surface area contributed by atoms with E-state index in [1.807, 2.05) is 0 Å². The van der Waals surface area contributed by atoms with Crippen molar-refractivity contribution in [3.05, 3.63) is 0 Å². The third-order valence-corrected chi connectivity index (χ3v) is 3.68. The summed E-state index contributed by atoms with van der Waals surface area (Å²) < 4.78 is 16.4. The molecule has 0 unspecified atom stereocenters. The summed E-state index contributed by atoms with van der Waals surface area (Å²) in [5.74, 6) is -0.755. The molecular weight excluding hydrogens is 196 g/mol. The highest BCUT2D eigenvalue weighted by atomic mass is 28.2. The summed E-state index contributed by atoms with van der Waals surface area (Å²) >= 11 is 0. The molecule has 0 spiro atoms. The standard InChI is InChI=1S/C10H24O3Si/c1-5-7-9-14-13-10(11-3,12-4)8-6-2/h5-9,14H2,1-4H3. The van der Waals surface area contributed by atoms with Gasteiger partial charge in [-0.3, -0.25) is 0 Å². The molecule has 0 atom stereocenters. The highest BCUT2D eigenvalue weighted by Crippen LogP contribution is 2.19. The van der Waals surface area contributed by atoms with Gasteiger partial charge in [-0.15, -0.1) is 0 Å². The molecule has 3 nitrogen and oxygen atoms in total. The Balaban J connectivity index is 3.82. The fraction of sp³-hybridized carbons (Fsp3) is 1.00. The molecule has 0 heterocycles. The Morgan fingerprint density at radius 2 is 1.71 bits per heavy atom. The molecule has 0 amide bonds. The molecule has 0 N–H and O–H groups in total. The molecule has 0 aromatic heterocycles. The highest BCUT2D eigenvalue weighted by Gasteiger charge is 2.28. The number of hydrogen-bond donors (Lipinski definition) is 0. The summed E-state index contributed by atoms with van der Waals surface area (Å²) in [4.78, 5) is 0.